The number of ketones is 1. The minimum Gasteiger partial charge on any atom is -0.480 e. The molecule has 3 N–H and O–H groups in total. The summed E-state index contributed by atoms with van der Waals surface area (Å²) in [5, 5.41) is 14.1. The summed E-state index contributed by atoms with van der Waals surface area (Å²) in [4.78, 5) is 49.2. The predicted molar refractivity (Wildman–Crippen MR) is 107 cm³/mol. The Hall–Kier alpha value is -3.48. The lowest BCUT2D eigenvalue weighted by Gasteiger charge is -2.23. The second-order valence-electron chi connectivity index (χ2n) is 7.37. The molecule has 7 nitrogen and oxygen atoms in total. The lowest BCUT2D eigenvalue weighted by atomic mass is 9.97. The highest BCUT2D eigenvalue weighted by molar-refractivity contribution is 6.24. The van der Waals surface area contributed by atoms with Gasteiger partial charge in [-0.3, -0.25) is 19.2 Å². The van der Waals surface area contributed by atoms with Crippen LogP contribution in [0.25, 0.3) is 11.1 Å². The summed E-state index contributed by atoms with van der Waals surface area (Å²) in [6.07, 6.45) is 0. The molecule has 0 bridgehead atoms. The fraction of sp³-hybridized carbons (Fsp3) is 0.273. The average Bonchev–Trinajstić information content (AvgIpc) is 2.98. The van der Waals surface area contributed by atoms with Crippen LogP contribution in [0.1, 0.15) is 47.1 Å². The Morgan fingerprint density at radius 3 is 2.10 bits per heavy atom. The number of carboxylic acids is 1. The molecule has 0 radical (unpaired) electrons. The molecule has 2 amide bonds. The summed E-state index contributed by atoms with van der Waals surface area (Å²) >= 11 is 0. The molecule has 2 atom stereocenters. The average molecular weight is 394 g/mol. The van der Waals surface area contributed by atoms with E-state index in [0.29, 0.717) is 27.8 Å². The van der Waals surface area contributed by atoms with Crippen molar-refractivity contribution in [2.45, 2.75) is 32.9 Å². The van der Waals surface area contributed by atoms with Crippen molar-refractivity contribution in [2.24, 2.45) is 5.92 Å². The Bertz CT molecular complexity index is 1010. The van der Waals surface area contributed by atoms with Crippen LogP contribution in [0.15, 0.2) is 42.5 Å². The highest BCUT2D eigenvalue weighted by Crippen LogP contribution is 2.38. The van der Waals surface area contributed by atoms with Crippen molar-refractivity contribution < 1.29 is 24.3 Å². The standard InChI is InChI=1S/C22H22N2O5/c1-11(2)18(21(27)23-12(3)22(28)29)24-20(26)16-10-6-9-15-17(16)13-7-4-5-8-14(13)19(15)25/h4-12,18H,1-3H3,(H,23,27)(H,24,26)(H,28,29). The maximum atomic E-state index is 13.0. The highest BCUT2D eigenvalue weighted by Gasteiger charge is 2.32. The first kappa shape index (κ1) is 20.3. The van der Waals surface area contributed by atoms with Crippen molar-refractivity contribution in [1.29, 1.82) is 0 Å². The van der Waals surface area contributed by atoms with Gasteiger partial charge in [-0.25, -0.2) is 0 Å². The van der Waals surface area contributed by atoms with E-state index in [1.807, 2.05) is 0 Å². The van der Waals surface area contributed by atoms with Gasteiger partial charge >= 0.3 is 5.97 Å². The molecule has 2 aromatic rings. The molecule has 2 aromatic carbocycles. The topological polar surface area (TPSA) is 113 Å². The Balaban J connectivity index is 1.91. The number of hydrogen-bond acceptors (Lipinski definition) is 4. The van der Waals surface area contributed by atoms with Gasteiger partial charge in [-0.1, -0.05) is 50.2 Å². The van der Waals surface area contributed by atoms with Crippen molar-refractivity contribution >= 4 is 23.6 Å². The predicted octanol–water partition coefficient (Wildman–Crippen LogP) is 2.24. The van der Waals surface area contributed by atoms with Crippen molar-refractivity contribution in [1.82, 2.24) is 10.6 Å². The number of benzene rings is 2. The number of carbonyl (C=O) groups is 4. The van der Waals surface area contributed by atoms with E-state index in [4.69, 9.17) is 5.11 Å². The van der Waals surface area contributed by atoms with Crippen LogP contribution >= 0.6 is 0 Å². The summed E-state index contributed by atoms with van der Waals surface area (Å²) in [6, 6.07) is 9.99. The Morgan fingerprint density at radius 2 is 1.48 bits per heavy atom. The quantitative estimate of drug-likeness (QED) is 0.594. The SMILES string of the molecule is CC(NC(=O)C(NC(=O)c1cccc2c1-c1ccccc1C2=O)C(C)C)C(=O)O. The normalized spacial score (nSPS) is 14.0. The number of fused-ring (bicyclic) bond motifs is 3. The molecular weight excluding hydrogens is 372 g/mol. The second-order valence-corrected chi connectivity index (χ2v) is 7.37. The molecule has 150 valence electrons. The Labute approximate surface area is 168 Å². The molecule has 2 unspecified atom stereocenters. The summed E-state index contributed by atoms with van der Waals surface area (Å²) in [5.74, 6) is -2.65. The molecule has 0 spiro atoms. The second kappa shape index (κ2) is 7.87. The number of amides is 2. The first-order chi connectivity index (χ1) is 13.7. The van der Waals surface area contributed by atoms with E-state index in [0.717, 1.165) is 0 Å². The van der Waals surface area contributed by atoms with Gasteiger partial charge in [0.05, 0.1) is 0 Å². The van der Waals surface area contributed by atoms with Crippen molar-refractivity contribution in [3.63, 3.8) is 0 Å². The number of aliphatic carboxylic acids is 1. The van der Waals surface area contributed by atoms with Crippen molar-refractivity contribution in [3.05, 3.63) is 59.2 Å². The zero-order chi connectivity index (χ0) is 21.3. The fourth-order valence-electron chi connectivity index (χ4n) is 3.38. The van der Waals surface area contributed by atoms with Crippen molar-refractivity contribution in [2.75, 3.05) is 0 Å². The lowest BCUT2D eigenvalue weighted by molar-refractivity contribution is -0.141. The first-order valence-corrected chi connectivity index (χ1v) is 9.33. The van der Waals surface area contributed by atoms with Crippen LogP contribution in [0, 0.1) is 5.92 Å². The van der Waals surface area contributed by atoms with Crippen LogP contribution < -0.4 is 10.6 Å². The molecule has 0 saturated heterocycles. The minimum absolute atomic E-state index is 0.140. The van der Waals surface area contributed by atoms with Crippen LogP contribution in [-0.4, -0.2) is 40.8 Å². The molecule has 1 aliphatic rings. The lowest BCUT2D eigenvalue weighted by Crippen LogP contribution is -2.53. The first-order valence-electron chi connectivity index (χ1n) is 9.33. The van der Waals surface area contributed by atoms with Crippen LogP contribution in [0.5, 0.6) is 0 Å². The van der Waals surface area contributed by atoms with E-state index in [9.17, 15) is 19.2 Å². The smallest absolute Gasteiger partial charge is 0.325 e. The van der Waals surface area contributed by atoms with Gasteiger partial charge < -0.3 is 15.7 Å². The molecular formula is C22H22N2O5. The largest absolute Gasteiger partial charge is 0.480 e. The van der Waals surface area contributed by atoms with E-state index < -0.39 is 29.9 Å². The summed E-state index contributed by atoms with van der Waals surface area (Å²) in [5.41, 5.74) is 2.52. The van der Waals surface area contributed by atoms with Crippen LogP contribution in [0.2, 0.25) is 0 Å². The third kappa shape index (κ3) is 3.76. The zero-order valence-corrected chi connectivity index (χ0v) is 16.4. The monoisotopic (exact) mass is 394 g/mol. The molecule has 1 aliphatic carbocycles. The number of nitrogens with one attached hydrogen (secondary N) is 2. The van der Waals surface area contributed by atoms with Crippen molar-refractivity contribution in [3.8, 4) is 11.1 Å². The van der Waals surface area contributed by atoms with Crippen LogP contribution in [-0.2, 0) is 9.59 Å². The van der Waals surface area contributed by atoms with Crippen LogP contribution in [0.3, 0.4) is 0 Å². The minimum atomic E-state index is -1.16. The molecule has 0 aromatic heterocycles. The molecule has 7 heteroatoms. The molecule has 3 rings (SSSR count). The molecule has 0 heterocycles. The molecule has 0 aliphatic heterocycles. The third-order valence-corrected chi connectivity index (χ3v) is 4.96. The van der Waals surface area contributed by atoms with Gasteiger partial charge in [-0.15, -0.1) is 0 Å². The van der Waals surface area contributed by atoms with E-state index >= 15 is 0 Å². The maximum absolute atomic E-state index is 13.0. The van der Waals surface area contributed by atoms with Gasteiger partial charge in [0.25, 0.3) is 5.91 Å². The summed E-state index contributed by atoms with van der Waals surface area (Å²) in [7, 11) is 0. The van der Waals surface area contributed by atoms with Crippen LogP contribution in [0.4, 0.5) is 0 Å². The summed E-state index contributed by atoms with van der Waals surface area (Å²) < 4.78 is 0. The number of carboxylic acid groups (broad SMARTS) is 1. The molecule has 0 fully saturated rings. The Morgan fingerprint density at radius 1 is 0.862 bits per heavy atom. The highest BCUT2D eigenvalue weighted by atomic mass is 16.4. The third-order valence-electron chi connectivity index (χ3n) is 4.96. The van der Waals surface area contributed by atoms with E-state index in [1.54, 1.807) is 56.3 Å². The zero-order valence-electron chi connectivity index (χ0n) is 16.4. The molecule has 29 heavy (non-hydrogen) atoms. The fourth-order valence-corrected chi connectivity index (χ4v) is 3.38. The number of carbonyl (C=O) groups excluding carboxylic acids is 3. The van der Waals surface area contributed by atoms with Gasteiger partial charge in [-0.05, 0) is 24.5 Å². The van der Waals surface area contributed by atoms with Gasteiger partial charge in [0.2, 0.25) is 5.91 Å². The van der Waals surface area contributed by atoms with E-state index in [2.05, 4.69) is 10.6 Å². The van der Waals surface area contributed by atoms with E-state index in [-0.39, 0.29) is 11.7 Å². The number of rotatable bonds is 6. The molecule has 0 saturated carbocycles. The van der Waals surface area contributed by atoms with Gasteiger partial charge in [0, 0.05) is 22.3 Å². The van der Waals surface area contributed by atoms with Gasteiger partial charge in [0.1, 0.15) is 12.1 Å². The van der Waals surface area contributed by atoms with E-state index in [1.165, 1.54) is 6.92 Å². The maximum Gasteiger partial charge on any atom is 0.325 e. The van der Waals surface area contributed by atoms with Gasteiger partial charge in [0.15, 0.2) is 5.78 Å². The number of hydrogen-bond donors (Lipinski definition) is 3. The Kier molecular flexibility index (Phi) is 5.50. The van der Waals surface area contributed by atoms with Gasteiger partial charge in [-0.2, -0.15) is 0 Å². The summed E-state index contributed by atoms with van der Waals surface area (Å²) in [6.45, 7) is 4.86.